The molecule has 2 aromatic carbocycles. The Morgan fingerprint density at radius 2 is 1.84 bits per heavy atom. The molecule has 31 heavy (non-hydrogen) atoms. The van der Waals surface area contributed by atoms with E-state index in [-0.39, 0.29) is 17.0 Å². The van der Waals surface area contributed by atoms with E-state index in [2.05, 4.69) is 29.4 Å². The van der Waals surface area contributed by atoms with Crippen LogP contribution in [0.5, 0.6) is 11.5 Å². The van der Waals surface area contributed by atoms with E-state index >= 15 is 0 Å². The van der Waals surface area contributed by atoms with Crippen LogP contribution >= 0.6 is 0 Å². The summed E-state index contributed by atoms with van der Waals surface area (Å²) in [6.45, 7) is 4.80. The second kappa shape index (κ2) is 7.39. The van der Waals surface area contributed by atoms with Gasteiger partial charge in [-0.05, 0) is 66.6 Å². The zero-order valence-corrected chi connectivity index (χ0v) is 17.7. The predicted molar refractivity (Wildman–Crippen MR) is 125 cm³/mol. The first kappa shape index (κ1) is 19.6. The van der Waals surface area contributed by atoms with Crippen LogP contribution in [-0.2, 0) is 16.8 Å². The van der Waals surface area contributed by atoms with Gasteiger partial charge in [-0.25, -0.2) is 4.98 Å². The van der Waals surface area contributed by atoms with Gasteiger partial charge >= 0.3 is 0 Å². The molecule has 3 aromatic rings. The summed E-state index contributed by atoms with van der Waals surface area (Å²) in [6, 6.07) is 13.9. The molecule has 1 fully saturated rings. The van der Waals surface area contributed by atoms with Gasteiger partial charge in [0, 0.05) is 22.6 Å². The molecule has 1 aliphatic heterocycles. The molecule has 0 unspecified atom stereocenters. The number of pyridine rings is 1. The molecule has 2 heterocycles. The summed E-state index contributed by atoms with van der Waals surface area (Å²) in [5.74, 6) is 2.01. The molecule has 0 bridgehead atoms. The Kier molecular flexibility index (Phi) is 4.67. The number of fused-ring (bicyclic) bond motifs is 1. The first-order valence-electron chi connectivity index (χ1n) is 10.5. The molecule has 6 heteroatoms. The molecular weight excluding hydrogens is 390 g/mol. The number of hydrogen-bond acceptors (Lipinski definition) is 5. The zero-order valence-electron chi connectivity index (χ0n) is 17.7. The second-order valence-electron chi connectivity index (χ2n) is 8.28. The number of benzene rings is 2. The van der Waals surface area contributed by atoms with Crippen molar-refractivity contribution in [3.05, 3.63) is 70.9 Å². The maximum atomic E-state index is 13.3. The molecular formula is C25H31N3O3. The normalized spacial score (nSPS) is 15.6. The van der Waals surface area contributed by atoms with Gasteiger partial charge in [0.1, 0.15) is 5.82 Å². The van der Waals surface area contributed by atoms with Gasteiger partial charge in [-0.3, -0.25) is 4.79 Å². The summed E-state index contributed by atoms with van der Waals surface area (Å²) < 4.78 is 10.9. The van der Waals surface area contributed by atoms with Gasteiger partial charge in [-0.2, -0.15) is 0 Å². The van der Waals surface area contributed by atoms with Crippen LogP contribution < -0.4 is 20.5 Å². The quantitative estimate of drug-likeness (QED) is 0.608. The van der Waals surface area contributed by atoms with Gasteiger partial charge in [0.05, 0.1) is 5.41 Å². The minimum atomic E-state index is -0.528. The Hall–Kier alpha value is -3.38. The summed E-state index contributed by atoms with van der Waals surface area (Å²) in [6.07, 6.45) is 3.44. The Morgan fingerprint density at radius 1 is 1.10 bits per heavy atom. The highest BCUT2D eigenvalue weighted by Gasteiger charge is 2.52. The van der Waals surface area contributed by atoms with E-state index < -0.39 is 5.41 Å². The fourth-order valence-corrected chi connectivity index (χ4v) is 4.13. The topological polar surface area (TPSA) is 86.5 Å². The molecule has 2 aliphatic rings. The Labute approximate surface area is 185 Å². The van der Waals surface area contributed by atoms with Crippen LogP contribution in [0.1, 0.15) is 39.4 Å². The monoisotopic (exact) mass is 421 g/mol. The van der Waals surface area contributed by atoms with Gasteiger partial charge in [0.15, 0.2) is 11.5 Å². The van der Waals surface area contributed by atoms with E-state index in [0.29, 0.717) is 18.1 Å². The average Bonchev–Trinajstić information content (AvgIpc) is 3.48. The standard InChI is InChI=1S/C25H25N3O3.3H2/c1-15-16(2)23(27-13-20(15)18-5-3-17(12-26)4-6-18)28-24(29)25(9-10-25)19-7-8-21-22(11-19)31-14-30-21;;;/h3-8,11,13H,9-10,12,14,26H2,1-2H3,(H,27,28,29);3*1H. The summed E-state index contributed by atoms with van der Waals surface area (Å²) in [4.78, 5) is 17.8. The number of nitrogens with one attached hydrogen (secondary N) is 1. The lowest BCUT2D eigenvalue weighted by Crippen LogP contribution is -2.28. The number of nitrogens with two attached hydrogens (primary N) is 1. The van der Waals surface area contributed by atoms with Crippen LogP contribution in [0.15, 0.2) is 48.7 Å². The SMILES string of the molecule is Cc1c(-c2ccc(CN)cc2)cnc(NC(=O)C2(c3ccc4c(c3)OCO4)CC2)c1C.[HH].[HH].[HH]. The molecule has 3 N–H and O–H groups in total. The molecule has 6 nitrogen and oxygen atoms in total. The van der Waals surface area contributed by atoms with E-state index in [9.17, 15) is 4.79 Å². The van der Waals surface area contributed by atoms with E-state index in [0.717, 1.165) is 52.0 Å². The van der Waals surface area contributed by atoms with Gasteiger partial charge < -0.3 is 20.5 Å². The fourth-order valence-electron chi connectivity index (χ4n) is 4.13. The summed E-state index contributed by atoms with van der Waals surface area (Å²) in [5.41, 5.74) is 11.4. The van der Waals surface area contributed by atoms with Gasteiger partial charge in [-0.1, -0.05) is 30.3 Å². The molecule has 0 spiro atoms. The van der Waals surface area contributed by atoms with Crippen molar-refractivity contribution in [3.63, 3.8) is 0 Å². The number of hydrogen-bond donors (Lipinski definition) is 2. The van der Waals surface area contributed by atoms with Crippen LogP contribution in [0.25, 0.3) is 11.1 Å². The number of aromatic nitrogens is 1. The highest BCUT2D eigenvalue weighted by molar-refractivity contribution is 6.01. The third-order valence-corrected chi connectivity index (χ3v) is 6.49. The fraction of sp³-hybridized carbons (Fsp3) is 0.280. The Bertz CT molecular complexity index is 1180. The smallest absolute Gasteiger partial charge is 0.236 e. The van der Waals surface area contributed by atoms with Crippen LogP contribution in [0.3, 0.4) is 0 Å². The third-order valence-electron chi connectivity index (χ3n) is 6.49. The predicted octanol–water partition coefficient (Wildman–Crippen LogP) is 4.96. The van der Waals surface area contributed by atoms with E-state index in [1.54, 1.807) is 0 Å². The van der Waals surface area contributed by atoms with E-state index in [1.165, 1.54) is 0 Å². The maximum Gasteiger partial charge on any atom is 0.236 e. The summed E-state index contributed by atoms with van der Waals surface area (Å²) >= 11 is 0. The first-order valence-corrected chi connectivity index (χ1v) is 10.5. The van der Waals surface area contributed by atoms with Crippen LogP contribution in [0.4, 0.5) is 5.82 Å². The lowest BCUT2D eigenvalue weighted by atomic mass is 9.94. The molecule has 1 aliphatic carbocycles. The molecule has 0 saturated heterocycles. The average molecular weight is 422 g/mol. The number of anilines is 1. The number of nitrogens with zero attached hydrogens (tertiary/aromatic N) is 1. The van der Waals surface area contributed by atoms with Crippen molar-refractivity contribution in [2.24, 2.45) is 5.73 Å². The van der Waals surface area contributed by atoms with Gasteiger partial charge in [0.25, 0.3) is 0 Å². The summed E-state index contributed by atoms with van der Waals surface area (Å²) in [5, 5.41) is 3.08. The van der Waals surface area contributed by atoms with Crippen LogP contribution in [0.2, 0.25) is 0 Å². The highest BCUT2D eigenvalue weighted by atomic mass is 16.7. The molecule has 0 radical (unpaired) electrons. The Morgan fingerprint density at radius 3 is 2.55 bits per heavy atom. The molecule has 164 valence electrons. The minimum absolute atomic E-state index is 0. The first-order chi connectivity index (χ1) is 15.0. The zero-order chi connectivity index (χ0) is 21.6. The number of amides is 1. The van der Waals surface area contributed by atoms with Gasteiger partial charge in [0.2, 0.25) is 12.7 Å². The molecule has 0 atom stereocenters. The van der Waals surface area contributed by atoms with E-state index in [1.807, 2.05) is 43.5 Å². The van der Waals surface area contributed by atoms with Crippen molar-refractivity contribution in [1.82, 2.24) is 4.98 Å². The number of carbonyl (C=O) groups is 1. The largest absolute Gasteiger partial charge is 0.454 e. The Balaban J connectivity index is 0.00000136. The summed E-state index contributed by atoms with van der Waals surface area (Å²) in [7, 11) is 0. The second-order valence-corrected chi connectivity index (χ2v) is 8.28. The molecule has 5 rings (SSSR count). The van der Waals surface area contributed by atoms with E-state index in [4.69, 9.17) is 15.2 Å². The third kappa shape index (κ3) is 3.33. The van der Waals surface area contributed by atoms with Gasteiger partial charge in [-0.15, -0.1) is 0 Å². The van der Waals surface area contributed by atoms with Crippen molar-refractivity contribution in [3.8, 4) is 22.6 Å². The van der Waals surface area contributed by atoms with Crippen molar-refractivity contribution in [2.75, 3.05) is 12.1 Å². The number of rotatable bonds is 5. The van der Waals surface area contributed by atoms with Crippen LogP contribution in [0, 0.1) is 13.8 Å². The van der Waals surface area contributed by atoms with Crippen molar-refractivity contribution in [2.45, 2.75) is 38.6 Å². The lowest BCUT2D eigenvalue weighted by Gasteiger charge is -2.18. The minimum Gasteiger partial charge on any atom is -0.454 e. The maximum absolute atomic E-state index is 13.3. The van der Waals surface area contributed by atoms with Crippen molar-refractivity contribution >= 4 is 11.7 Å². The number of carbonyl (C=O) groups excluding carboxylic acids is 1. The van der Waals surface area contributed by atoms with Crippen molar-refractivity contribution in [1.29, 1.82) is 0 Å². The highest BCUT2D eigenvalue weighted by Crippen LogP contribution is 2.51. The van der Waals surface area contributed by atoms with Crippen molar-refractivity contribution < 1.29 is 18.5 Å². The number of ether oxygens (including phenoxy) is 2. The molecule has 1 aromatic heterocycles. The lowest BCUT2D eigenvalue weighted by molar-refractivity contribution is -0.118. The molecule has 1 saturated carbocycles. The van der Waals surface area contributed by atoms with Crippen LogP contribution in [-0.4, -0.2) is 17.7 Å². The molecule has 1 amide bonds.